The molecule has 2 aromatic heterocycles. The number of nitrogens with zero attached hydrogens (tertiary/aromatic N) is 2. The van der Waals surface area contributed by atoms with Crippen LogP contribution in [-0.4, -0.2) is 9.55 Å². The van der Waals surface area contributed by atoms with Crippen molar-refractivity contribution in [2.24, 2.45) is 0 Å². The second-order valence-electron chi connectivity index (χ2n) is 4.97. The predicted molar refractivity (Wildman–Crippen MR) is 84.9 cm³/mol. The highest BCUT2D eigenvalue weighted by Crippen LogP contribution is 2.30. The van der Waals surface area contributed by atoms with Crippen LogP contribution in [0.2, 0.25) is 0 Å². The summed E-state index contributed by atoms with van der Waals surface area (Å²) in [5.41, 5.74) is 3.28. The molecule has 4 aromatic rings. The summed E-state index contributed by atoms with van der Waals surface area (Å²) >= 11 is 0. The SMILES string of the molecule is C=CCn1c2ccccc2c2cc3ccccc3nc21. The average Bonchev–Trinajstić information content (AvgIpc) is 2.80. The molecule has 0 N–H and O–H groups in total. The number of hydrogen-bond donors (Lipinski definition) is 0. The van der Waals surface area contributed by atoms with Crippen LogP contribution in [0.3, 0.4) is 0 Å². The third-order valence-corrected chi connectivity index (χ3v) is 3.76. The Morgan fingerprint density at radius 2 is 1.80 bits per heavy atom. The fourth-order valence-corrected chi connectivity index (χ4v) is 2.87. The van der Waals surface area contributed by atoms with E-state index < -0.39 is 0 Å². The van der Waals surface area contributed by atoms with E-state index in [9.17, 15) is 0 Å². The van der Waals surface area contributed by atoms with Crippen LogP contribution in [0.15, 0.2) is 67.3 Å². The number of allylic oxidation sites excluding steroid dienone is 1. The molecule has 0 aliphatic carbocycles. The van der Waals surface area contributed by atoms with Crippen LogP contribution < -0.4 is 0 Å². The minimum atomic E-state index is 0.773. The van der Waals surface area contributed by atoms with Crippen molar-refractivity contribution in [3.05, 3.63) is 67.3 Å². The number of pyridine rings is 1. The van der Waals surface area contributed by atoms with E-state index in [0.717, 1.165) is 17.7 Å². The summed E-state index contributed by atoms with van der Waals surface area (Å²) in [6.07, 6.45) is 1.92. The van der Waals surface area contributed by atoms with Crippen molar-refractivity contribution in [1.82, 2.24) is 9.55 Å². The summed E-state index contributed by atoms with van der Waals surface area (Å²) in [5, 5.41) is 3.64. The molecule has 96 valence electrons. The summed E-state index contributed by atoms with van der Waals surface area (Å²) in [7, 11) is 0. The lowest BCUT2D eigenvalue weighted by atomic mass is 10.1. The van der Waals surface area contributed by atoms with Gasteiger partial charge in [0, 0.05) is 22.7 Å². The van der Waals surface area contributed by atoms with E-state index in [1.807, 2.05) is 12.1 Å². The Labute approximate surface area is 117 Å². The van der Waals surface area contributed by atoms with E-state index in [-0.39, 0.29) is 0 Å². The quantitative estimate of drug-likeness (QED) is 0.483. The third kappa shape index (κ3) is 1.48. The number of aromatic nitrogens is 2. The molecule has 0 aliphatic heterocycles. The predicted octanol–water partition coefficient (Wildman–Crippen LogP) is 4.53. The molecular formula is C18H14N2. The van der Waals surface area contributed by atoms with Crippen LogP contribution >= 0.6 is 0 Å². The summed E-state index contributed by atoms with van der Waals surface area (Å²) in [6.45, 7) is 4.64. The number of benzene rings is 2. The van der Waals surface area contributed by atoms with Crippen LogP contribution in [0.1, 0.15) is 0 Å². The van der Waals surface area contributed by atoms with Gasteiger partial charge in [0.1, 0.15) is 5.65 Å². The van der Waals surface area contributed by atoms with Gasteiger partial charge < -0.3 is 4.57 Å². The normalized spacial score (nSPS) is 11.4. The van der Waals surface area contributed by atoms with Gasteiger partial charge in [0.15, 0.2) is 0 Å². The Morgan fingerprint density at radius 3 is 2.70 bits per heavy atom. The smallest absolute Gasteiger partial charge is 0.142 e. The lowest BCUT2D eigenvalue weighted by molar-refractivity contribution is 0.888. The van der Waals surface area contributed by atoms with Gasteiger partial charge in [0.05, 0.1) is 11.0 Å². The molecule has 0 saturated carbocycles. The van der Waals surface area contributed by atoms with Crippen LogP contribution in [0.5, 0.6) is 0 Å². The highest BCUT2D eigenvalue weighted by Gasteiger charge is 2.11. The lowest BCUT2D eigenvalue weighted by Crippen LogP contribution is -1.96. The fourth-order valence-electron chi connectivity index (χ4n) is 2.87. The molecule has 0 atom stereocenters. The Balaban J connectivity index is 2.25. The summed E-state index contributed by atoms with van der Waals surface area (Å²) in [6, 6.07) is 18.9. The van der Waals surface area contributed by atoms with E-state index in [0.29, 0.717) is 0 Å². The first-order chi connectivity index (χ1) is 9.88. The topological polar surface area (TPSA) is 17.8 Å². The molecule has 0 fully saturated rings. The molecule has 0 aliphatic rings. The Hall–Kier alpha value is -2.61. The van der Waals surface area contributed by atoms with E-state index >= 15 is 0 Å². The van der Waals surface area contributed by atoms with Crippen molar-refractivity contribution in [3.63, 3.8) is 0 Å². The highest BCUT2D eigenvalue weighted by molar-refractivity contribution is 6.10. The number of para-hydroxylation sites is 2. The standard InChI is InChI=1S/C18H14N2/c1-2-11-20-17-10-6-4-8-14(17)15-12-13-7-3-5-9-16(13)19-18(15)20/h2-10,12H,1,11H2. The summed E-state index contributed by atoms with van der Waals surface area (Å²) in [5.74, 6) is 0. The second-order valence-corrected chi connectivity index (χ2v) is 4.97. The van der Waals surface area contributed by atoms with E-state index in [1.54, 1.807) is 0 Å². The molecule has 2 heterocycles. The van der Waals surface area contributed by atoms with Gasteiger partial charge in [0.25, 0.3) is 0 Å². The molecule has 2 aromatic carbocycles. The lowest BCUT2D eigenvalue weighted by Gasteiger charge is -2.03. The molecule has 0 unspecified atom stereocenters. The number of fused-ring (bicyclic) bond motifs is 4. The van der Waals surface area contributed by atoms with Crippen molar-refractivity contribution in [2.45, 2.75) is 6.54 Å². The first-order valence-corrected chi connectivity index (χ1v) is 6.76. The maximum Gasteiger partial charge on any atom is 0.142 e. The van der Waals surface area contributed by atoms with Crippen LogP contribution in [0.4, 0.5) is 0 Å². The molecule has 0 bridgehead atoms. The van der Waals surface area contributed by atoms with Gasteiger partial charge in [0.2, 0.25) is 0 Å². The Morgan fingerprint density at radius 1 is 1.00 bits per heavy atom. The minimum Gasteiger partial charge on any atom is -0.321 e. The van der Waals surface area contributed by atoms with E-state index in [1.165, 1.54) is 21.7 Å². The van der Waals surface area contributed by atoms with Crippen molar-refractivity contribution in [2.75, 3.05) is 0 Å². The monoisotopic (exact) mass is 258 g/mol. The van der Waals surface area contributed by atoms with Gasteiger partial charge in [-0.25, -0.2) is 4.98 Å². The molecule has 0 saturated heterocycles. The average molecular weight is 258 g/mol. The molecule has 0 amide bonds. The van der Waals surface area contributed by atoms with Crippen molar-refractivity contribution in [1.29, 1.82) is 0 Å². The largest absolute Gasteiger partial charge is 0.321 e. The first-order valence-electron chi connectivity index (χ1n) is 6.76. The van der Waals surface area contributed by atoms with Gasteiger partial charge in [-0.15, -0.1) is 6.58 Å². The molecule has 20 heavy (non-hydrogen) atoms. The minimum absolute atomic E-state index is 0.773. The van der Waals surface area contributed by atoms with Gasteiger partial charge in [-0.1, -0.05) is 42.5 Å². The first kappa shape index (κ1) is 11.2. The van der Waals surface area contributed by atoms with Gasteiger partial charge in [-0.2, -0.15) is 0 Å². The van der Waals surface area contributed by atoms with Crippen molar-refractivity contribution in [3.8, 4) is 0 Å². The third-order valence-electron chi connectivity index (χ3n) is 3.76. The molecule has 2 nitrogen and oxygen atoms in total. The van der Waals surface area contributed by atoms with Gasteiger partial charge in [-0.3, -0.25) is 0 Å². The zero-order valence-corrected chi connectivity index (χ0v) is 11.1. The zero-order chi connectivity index (χ0) is 13.5. The highest BCUT2D eigenvalue weighted by atomic mass is 15.0. The maximum absolute atomic E-state index is 4.85. The molecule has 0 spiro atoms. The fraction of sp³-hybridized carbons (Fsp3) is 0.0556. The van der Waals surface area contributed by atoms with Gasteiger partial charge >= 0.3 is 0 Å². The molecule has 4 rings (SSSR count). The van der Waals surface area contributed by atoms with Gasteiger partial charge in [-0.05, 0) is 18.2 Å². The molecule has 2 heteroatoms. The molecular weight excluding hydrogens is 244 g/mol. The Bertz CT molecular complexity index is 948. The van der Waals surface area contributed by atoms with Crippen molar-refractivity contribution < 1.29 is 0 Å². The van der Waals surface area contributed by atoms with Crippen LogP contribution in [0, 0.1) is 0 Å². The Kier molecular flexibility index (Phi) is 2.36. The molecule has 0 radical (unpaired) electrons. The zero-order valence-electron chi connectivity index (χ0n) is 11.1. The maximum atomic E-state index is 4.85. The number of rotatable bonds is 2. The summed E-state index contributed by atoms with van der Waals surface area (Å²) < 4.78 is 2.23. The van der Waals surface area contributed by atoms with Crippen molar-refractivity contribution >= 4 is 32.8 Å². The number of hydrogen-bond acceptors (Lipinski definition) is 1. The van der Waals surface area contributed by atoms with E-state index in [4.69, 9.17) is 4.98 Å². The summed E-state index contributed by atoms with van der Waals surface area (Å²) in [4.78, 5) is 4.85. The van der Waals surface area contributed by atoms with Crippen LogP contribution in [-0.2, 0) is 6.54 Å². The van der Waals surface area contributed by atoms with E-state index in [2.05, 4.69) is 59.7 Å². The second kappa shape index (κ2) is 4.20. The van der Waals surface area contributed by atoms with Crippen LogP contribution in [0.25, 0.3) is 32.8 Å².